The molecular weight excluding hydrogens is 386 g/mol. The first-order valence-corrected chi connectivity index (χ1v) is 10.3. The molecule has 5 nitrogen and oxygen atoms in total. The quantitative estimate of drug-likeness (QED) is 0.462. The van der Waals surface area contributed by atoms with Gasteiger partial charge in [0.1, 0.15) is 5.75 Å². The number of carbonyl (C=O) groups excluding carboxylic acids is 1. The summed E-state index contributed by atoms with van der Waals surface area (Å²) >= 11 is 0. The van der Waals surface area contributed by atoms with Crippen LogP contribution in [0.5, 0.6) is 5.75 Å². The lowest BCUT2D eigenvalue weighted by molar-refractivity contribution is 0.0954. The van der Waals surface area contributed by atoms with E-state index in [-0.39, 0.29) is 5.91 Å². The van der Waals surface area contributed by atoms with Crippen LogP contribution in [0, 0.1) is 0 Å². The molecule has 1 aromatic heterocycles. The molecule has 156 valence electrons. The molecular formula is C26H25N3O2. The van der Waals surface area contributed by atoms with Crippen molar-refractivity contribution in [1.29, 1.82) is 0 Å². The number of carbonyl (C=O) groups is 1. The minimum absolute atomic E-state index is 0.0777. The van der Waals surface area contributed by atoms with Gasteiger partial charge in [-0.25, -0.2) is 0 Å². The molecule has 0 spiro atoms. The van der Waals surface area contributed by atoms with E-state index in [4.69, 9.17) is 4.74 Å². The van der Waals surface area contributed by atoms with Crippen LogP contribution in [0.3, 0.4) is 0 Å². The van der Waals surface area contributed by atoms with E-state index in [1.807, 2.05) is 65.5 Å². The van der Waals surface area contributed by atoms with Gasteiger partial charge in [0, 0.05) is 24.5 Å². The summed E-state index contributed by atoms with van der Waals surface area (Å²) in [6.07, 6.45) is 4.43. The number of benzene rings is 3. The van der Waals surface area contributed by atoms with Gasteiger partial charge >= 0.3 is 0 Å². The summed E-state index contributed by atoms with van der Waals surface area (Å²) in [5.41, 5.74) is 4.84. The summed E-state index contributed by atoms with van der Waals surface area (Å²) < 4.78 is 7.28. The number of ether oxygens (including phenoxy) is 1. The van der Waals surface area contributed by atoms with Crippen LogP contribution in [-0.2, 0) is 13.0 Å². The topological polar surface area (TPSA) is 56.1 Å². The second-order valence-corrected chi connectivity index (χ2v) is 7.26. The lowest BCUT2D eigenvalue weighted by Crippen LogP contribution is -2.26. The average Bonchev–Trinajstić information content (AvgIpc) is 3.33. The Hall–Kier alpha value is -3.86. The Morgan fingerprint density at radius 1 is 0.968 bits per heavy atom. The highest BCUT2D eigenvalue weighted by molar-refractivity contribution is 6.00. The number of methoxy groups -OCH3 is 1. The zero-order valence-corrected chi connectivity index (χ0v) is 17.5. The fraction of sp³-hybridized carbons (Fsp3) is 0.154. The van der Waals surface area contributed by atoms with E-state index in [1.165, 1.54) is 0 Å². The van der Waals surface area contributed by atoms with Crippen LogP contribution >= 0.6 is 0 Å². The molecule has 4 rings (SSSR count). The normalized spacial score (nSPS) is 10.6. The SMILES string of the molecule is COc1ccccc1CCNC(=O)c1ccccc1-c1ccc(Cn2cccn2)cc1. The van der Waals surface area contributed by atoms with Crippen LogP contribution in [-0.4, -0.2) is 29.3 Å². The second-order valence-electron chi connectivity index (χ2n) is 7.26. The van der Waals surface area contributed by atoms with Crippen LogP contribution in [0.25, 0.3) is 11.1 Å². The fourth-order valence-electron chi connectivity index (χ4n) is 3.62. The number of aromatic nitrogens is 2. The summed E-state index contributed by atoms with van der Waals surface area (Å²) in [5, 5.41) is 7.29. The third-order valence-corrected chi connectivity index (χ3v) is 5.21. The number of nitrogens with zero attached hydrogens (tertiary/aromatic N) is 2. The summed E-state index contributed by atoms with van der Waals surface area (Å²) in [6, 6.07) is 25.7. The van der Waals surface area contributed by atoms with Gasteiger partial charge in [-0.05, 0) is 46.9 Å². The Labute approximate surface area is 182 Å². The maximum absolute atomic E-state index is 12.9. The van der Waals surface area contributed by atoms with Gasteiger partial charge in [-0.15, -0.1) is 0 Å². The molecule has 0 aliphatic rings. The van der Waals surface area contributed by atoms with Gasteiger partial charge in [0.15, 0.2) is 0 Å². The number of hydrogen-bond donors (Lipinski definition) is 1. The van der Waals surface area contributed by atoms with E-state index in [0.717, 1.165) is 34.5 Å². The van der Waals surface area contributed by atoms with E-state index in [9.17, 15) is 4.79 Å². The summed E-state index contributed by atoms with van der Waals surface area (Å²) in [4.78, 5) is 12.9. The monoisotopic (exact) mass is 411 g/mol. The second kappa shape index (κ2) is 9.76. The van der Waals surface area contributed by atoms with Gasteiger partial charge in [0.2, 0.25) is 0 Å². The predicted molar refractivity (Wildman–Crippen MR) is 122 cm³/mol. The lowest BCUT2D eigenvalue weighted by Gasteiger charge is -2.12. The Bertz CT molecular complexity index is 1140. The van der Waals surface area contributed by atoms with Crippen molar-refractivity contribution in [3.05, 3.63) is 108 Å². The van der Waals surface area contributed by atoms with Gasteiger partial charge in [-0.1, -0.05) is 60.7 Å². The molecule has 0 fully saturated rings. The molecule has 0 saturated heterocycles. The number of amides is 1. The summed E-state index contributed by atoms with van der Waals surface area (Å²) in [6.45, 7) is 1.26. The highest BCUT2D eigenvalue weighted by Gasteiger charge is 2.12. The fourth-order valence-corrected chi connectivity index (χ4v) is 3.62. The van der Waals surface area contributed by atoms with Gasteiger partial charge in [0.25, 0.3) is 5.91 Å². The molecule has 5 heteroatoms. The van der Waals surface area contributed by atoms with Crippen LogP contribution in [0.1, 0.15) is 21.5 Å². The van der Waals surface area contributed by atoms with Crippen molar-refractivity contribution in [2.75, 3.05) is 13.7 Å². The van der Waals surface area contributed by atoms with Crippen molar-refractivity contribution in [3.63, 3.8) is 0 Å². The van der Waals surface area contributed by atoms with Crippen LogP contribution in [0.15, 0.2) is 91.3 Å². The number of para-hydroxylation sites is 1. The van der Waals surface area contributed by atoms with Gasteiger partial charge < -0.3 is 10.1 Å². The Morgan fingerprint density at radius 2 is 1.74 bits per heavy atom. The van der Waals surface area contributed by atoms with Gasteiger partial charge in [-0.3, -0.25) is 9.48 Å². The van der Waals surface area contributed by atoms with E-state index in [0.29, 0.717) is 18.5 Å². The first kappa shape index (κ1) is 20.4. The zero-order chi connectivity index (χ0) is 21.5. The molecule has 0 aliphatic carbocycles. The average molecular weight is 412 g/mol. The van der Waals surface area contributed by atoms with Gasteiger partial charge in [-0.2, -0.15) is 5.10 Å². The Balaban J connectivity index is 1.44. The molecule has 1 heterocycles. The summed E-state index contributed by atoms with van der Waals surface area (Å²) in [7, 11) is 1.66. The van der Waals surface area contributed by atoms with E-state index >= 15 is 0 Å². The molecule has 3 aromatic carbocycles. The molecule has 0 atom stereocenters. The molecule has 0 bridgehead atoms. The highest BCUT2D eigenvalue weighted by atomic mass is 16.5. The molecule has 0 saturated carbocycles. The first-order chi connectivity index (χ1) is 15.2. The third kappa shape index (κ3) is 5.01. The van der Waals surface area contributed by atoms with Gasteiger partial charge in [0.05, 0.1) is 13.7 Å². The minimum Gasteiger partial charge on any atom is -0.496 e. The standard InChI is InChI=1S/C26H25N3O2/c1-31-25-10-5-2-7-22(25)15-17-27-26(30)24-9-4-3-8-23(24)21-13-11-20(12-14-21)19-29-18-6-16-28-29/h2-14,16,18H,15,17,19H2,1H3,(H,27,30). The molecule has 0 radical (unpaired) electrons. The van der Waals surface area contributed by atoms with Crippen molar-refractivity contribution < 1.29 is 9.53 Å². The van der Waals surface area contributed by atoms with Crippen LogP contribution in [0.2, 0.25) is 0 Å². The molecule has 0 aliphatic heterocycles. The Morgan fingerprint density at radius 3 is 2.52 bits per heavy atom. The van der Waals surface area contributed by atoms with E-state index in [2.05, 4.69) is 34.7 Å². The predicted octanol–water partition coefficient (Wildman–Crippen LogP) is 4.58. The molecule has 31 heavy (non-hydrogen) atoms. The Kier molecular flexibility index (Phi) is 6.43. The minimum atomic E-state index is -0.0777. The number of rotatable bonds is 8. The summed E-state index contributed by atoms with van der Waals surface area (Å²) in [5.74, 6) is 0.762. The third-order valence-electron chi connectivity index (χ3n) is 5.21. The highest BCUT2D eigenvalue weighted by Crippen LogP contribution is 2.24. The largest absolute Gasteiger partial charge is 0.496 e. The number of hydrogen-bond acceptors (Lipinski definition) is 3. The van der Waals surface area contributed by atoms with E-state index < -0.39 is 0 Å². The molecule has 1 N–H and O–H groups in total. The molecule has 1 amide bonds. The van der Waals surface area contributed by atoms with Crippen molar-refractivity contribution in [2.45, 2.75) is 13.0 Å². The number of nitrogens with one attached hydrogen (secondary N) is 1. The lowest BCUT2D eigenvalue weighted by atomic mass is 9.98. The molecule has 4 aromatic rings. The zero-order valence-electron chi connectivity index (χ0n) is 17.5. The van der Waals surface area contributed by atoms with Crippen molar-refractivity contribution in [1.82, 2.24) is 15.1 Å². The first-order valence-electron chi connectivity index (χ1n) is 10.3. The van der Waals surface area contributed by atoms with Crippen LogP contribution in [0.4, 0.5) is 0 Å². The van der Waals surface area contributed by atoms with Crippen molar-refractivity contribution in [2.24, 2.45) is 0 Å². The molecule has 0 unspecified atom stereocenters. The maximum Gasteiger partial charge on any atom is 0.251 e. The van der Waals surface area contributed by atoms with Crippen LogP contribution < -0.4 is 10.1 Å². The van der Waals surface area contributed by atoms with Crippen molar-refractivity contribution in [3.8, 4) is 16.9 Å². The van der Waals surface area contributed by atoms with Crippen molar-refractivity contribution >= 4 is 5.91 Å². The van der Waals surface area contributed by atoms with E-state index in [1.54, 1.807) is 13.3 Å². The maximum atomic E-state index is 12.9. The smallest absolute Gasteiger partial charge is 0.251 e.